The molecule has 1 fully saturated rings. The molecule has 0 radical (unpaired) electrons. The second-order valence-corrected chi connectivity index (χ2v) is 6.79. The van der Waals surface area contributed by atoms with Crippen molar-refractivity contribution < 1.29 is 13.2 Å². The number of alkyl halides is 3. The van der Waals surface area contributed by atoms with Gasteiger partial charge in [-0.15, -0.1) is 0 Å². The number of halogens is 3. The summed E-state index contributed by atoms with van der Waals surface area (Å²) in [6, 6.07) is 11.0. The number of pyridine rings is 1. The topological polar surface area (TPSA) is 83.2 Å². The fraction of sp³-hybridized carbons (Fsp3) is 0.250. The van der Waals surface area contributed by atoms with Crippen molar-refractivity contribution in [2.75, 3.05) is 47.0 Å². The van der Waals surface area contributed by atoms with Gasteiger partial charge in [0.15, 0.2) is 11.6 Å². The van der Waals surface area contributed by atoms with Crippen molar-refractivity contribution in [3.8, 4) is 0 Å². The molecule has 2 aromatic heterocycles. The van der Waals surface area contributed by atoms with Crippen molar-refractivity contribution >= 4 is 28.8 Å². The van der Waals surface area contributed by atoms with E-state index in [0.717, 1.165) is 25.0 Å². The minimum absolute atomic E-state index is 0.110. The van der Waals surface area contributed by atoms with Gasteiger partial charge in [0.05, 0.1) is 11.3 Å². The van der Waals surface area contributed by atoms with E-state index in [4.69, 9.17) is 5.73 Å². The molecule has 156 valence electrons. The normalized spacial score (nSPS) is 14.6. The van der Waals surface area contributed by atoms with E-state index in [9.17, 15) is 13.2 Å². The number of aromatic nitrogens is 3. The number of nitrogens with one attached hydrogen (secondary N) is 1. The number of para-hydroxylation sites is 1. The Balaban J connectivity index is 1.52. The van der Waals surface area contributed by atoms with Gasteiger partial charge in [-0.05, 0) is 24.3 Å². The van der Waals surface area contributed by atoms with Crippen molar-refractivity contribution in [1.82, 2.24) is 15.0 Å². The lowest BCUT2D eigenvalue weighted by Gasteiger charge is -2.36. The number of nitrogen functional groups attached to an aromatic ring is 1. The summed E-state index contributed by atoms with van der Waals surface area (Å²) >= 11 is 0. The van der Waals surface area contributed by atoms with Gasteiger partial charge in [0, 0.05) is 32.4 Å². The van der Waals surface area contributed by atoms with E-state index in [1.165, 1.54) is 24.5 Å². The predicted molar refractivity (Wildman–Crippen MR) is 110 cm³/mol. The van der Waals surface area contributed by atoms with Crippen LogP contribution in [0.5, 0.6) is 0 Å². The lowest BCUT2D eigenvalue weighted by Crippen LogP contribution is -2.47. The van der Waals surface area contributed by atoms with E-state index in [-0.39, 0.29) is 17.2 Å². The quantitative estimate of drug-likeness (QED) is 0.674. The third-order valence-corrected chi connectivity index (χ3v) is 4.90. The molecule has 30 heavy (non-hydrogen) atoms. The van der Waals surface area contributed by atoms with Gasteiger partial charge >= 0.3 is 6.18 Å². The van der Waals surface area contributed by atoms with Crippen LogP contribution in [-0.2, 0) is 6.18 Å². The largest absolute Gasteiger partial charge is 0.418 e. The molecular weight excluding hydrogens is 395 g/mol. The maximum atomic E-state index is 13.3. The molecule has 3 N–H and O–H groups in total. The number of piperazine rings is 1. The molecule has 0 amide bonds. The number of nitrogens with zero attached hydrogens (tertiary/aromatic N) is 5. The van der Waals surface area contributed by atoms with Gasteiger partial charge in [-0.25, -0.2) is 15.0 Å². The van der Waals surface area contributed by atoms with Gasteiger partial charge < -0.3 is 20.9 Å². The van der Waals surface area contributed by atoms with Crippen LogP contribution in [0.3, 0.4) is 0 Å². The predicted octanol–water partition coefficient (Wildman–Crippen LogP) is 3.54. The molecule has 4 rings (SSSR count). The lowest BCUT2D eigenvalue weighted by molar-refractivity contribution is -0.136. The highest BCUT2D eigenvalue weighted by Gasteiger charge is 2.33. The number of benzene rings is 1. The molecule has 1 aromatic carbocycles. The highest BCUT2D eigenvalue weighted by Crippen LogP contribution is 2.37. The van der Waals surface area contributed by atoms with Gasteiger partial charge in [0.2, 0.25) is 0 Å². The Bertz CT molecular complexity index is 1000. The Morgan fingerprint density at radius 1 is 0.867 bits per heavy atom. The molecule has 0 bridgehead atoms. The monoisotopic (exact) mass is 415 g/mol. The molecule has 0 unspecified atom stereocenters. The zero-order valence-electron chi connectivity index (χ0n) is 16.0. The summed E-state index contributed by atoms with van der Waals surface area (Å²) in [7, 11) is 0. The van der Waals surface area contributed by atoms with Gasteiger partial charge in [-0.1, -0.05) is 18.2 Å². The number of hydrogen-bond acceptors (Lipinski definition) is 7. The van der Waals surface area contributed by atoms with Crippen LogP contribution >= 0.6 is 0 Å². The Labute approximate surface area is 171 Å². The van der Waals surface area contributed by atoms with Crippen LogP contribution in [0.4, 0.5) is 42.0 Å². The maximum Gasteiger partial charge on any atom is 0.418 e. The van der Waals surface area contributed by atoms with E-state index in [0.29, 0.717) is 18.9 Å². The smallest absolute Gasteiger partial charge is 0.393 e. The maximum absolute atomic E-state index is 13.3. The summed E-state index contributed by atoms with van der Waals surface area (Å²) in [6.45, 7) is 2.74. The van der Waals surface area contributed by atoms with Crippen LogP contribution in [0.15, 0.2) is 55.0 Å². The second-order valence-electron chi connectivity index (χ2n) is 6.79. The van der Waals surface area contributed by atoms with Gasteiger partial charge in [-0.2, -0.15) is 13.2 Å². The molecule has 7 nitrogen and oxygen atoms in total. The van der Waals surface area contributed by atoms with Crippen LogP contribution < -0.4 is 20.9 Å². The van der Waals surface area contributed by atoms with E-state index in [1.54, 1.807) is 6.20 Å². The van der Waals surface area contributed by atoms with Gasteiger partial charge in [-0.3, -0.25) is 0 Å². The first-order valence-electron chi connectivity index (χ1n) is 9.38. The zero-order chi connectivity index (χ0) is 21.1. The third kappa shape index (κ3) is 4.07. The summed E-state index contributed by atoms with van der Waals surface area (Å²) in [4.78, 5) is 16.8. The fourth-order valence-corrected chi connectivity index (χ4v) is 3.39. The molecule has 3 aromatic rings. The second kappa shape index (κ2) is 8.05. The highest BCUT2D eigenvalue weighted by molar-refractivity contribution is 5.79. The van der Waals surface area contributed by atoms with Crippen LogP contribution in [0, 0.1) is 0 Å². The summed E-state index contributed by atoms with van der Waals surface area (Å²) in [5.74, 6) is 1.54. The van der Waals surface area contributed by atoms with E-state index >= 15 is 0 Å². The van der Waals surface area contributed by atoms with Crippen LogP contribution in [0.25, 0.3) is 0 Å². The van der Waals surface area contributed by atoms with Gasteiger partial charge in [0.1, 0.15) is 17.8 Å². The molecule has 1 aliphatic rings. The standard InChI is InChI=1S/C20H20F3N7/c21-20(22,23)14-5-1-2-6-15(14)28-18-17(24)19(27-13-26-18)30-11-9-29(10-12-30)16-7-3-4-8-25-16/h1-8,13H,9-12,24H2,(H,26,27,28). The molecule has 0 atom stereocenters. The summed E-state index contributed by atoms with van der Waals surface area (Å²) in [5, 5.41) is 2.72. The Morgan fingerprint density at radius 3 is 2.27 bits per heavy atom. The highest BCUT2D eigenvalue weighted by atomic mass is 19.4. The minimum atomic E-state index is -4.49. The molecule has 10 heteroatoms. The summed E-state index contributed by atoms with van der Waals surface area (Å²) < 4.78 is 39.8. The van der Waals surface area contributed by atoms with Gasteiger partial charge in [0.25, 0.3) is 0 Å². The first-order valence-corrected chi connectivity index (χ1v) is 9.38. The molecular formula is C20H20F3N7. The SMILES string of the molecule is Nc1c(Nc2ccccc2C(F)(F)F)ncnc1N1CCN(c2ccccn2)CC1. The Hall–Kier alpha value is -3.56. The third-order valence-electron chi connectivity index (χ3n) is 4.90. The van der Waals surface area contributed by atoms with Crippen molar-refractivity contribution in [3.05, 3.63) is 60.6 Å². The minimum Gasteiger partial charge on any atom is -0.393 e. The number of anilines is 5. The van der Waals surface area contributed by atoms with E-state index < -0.39 is 11.7 Å². The molecule has 1 saturated heterocycles. The zero-order valence-corrected chi connectivity index (χ0v) is 16.0. The van der Waals surface area contributed by atoms with Crippen molar-refractivity contribution in [2.45, 2.75) is 6.18 Å². The molecule has 0 saturated carbocycles. The summed E-state index contributed by atoms with van der Waals surface area (Å²) in [6.07, 6.45) is -1.44. The Morgan fingerprint density at radius 2 is 1.57 bits per heavy atom. The van der Waals surface area contributed by atoms with Crippen LogP contribution in [0.1, 0.15) is 5.56 Å². The summed E-state index contributed by atoms with van der Waals surface area (Å²) in [5.41, 5.74) is 5.55. The van der Waals surface area contributed by atoms with Crippen molar-refractivity contribution in [2.24, 2.45) is 0 Å². The van der Waals surface area contributed by atoms with Crippen LogP contribution in [-0.4, -0.2) is 41.1 Å². The van der Waals surface area contributed by atoms with E-state index in [1.807, 2.05) is 23.1 Å². The molecule has 0 spiro atoms. The van der Waals surface area contributed by atoms with Crippen LogP contribution in [0.2, 0.25) is 0 Å². The van der Waals surface area contributed by atoms with Crippen molar-refractivity contribution in [1.29, 1.82) is 0 Å². The fourth-order valence-electron chi connectivity index (χ4n) is 3.39. The average molecular weight is 415 g/mol. The first kappa shape index (κ1) is 19.7. The molecule has 3 heterocycles. The van der Waals surface area contributed by atoms with E-state index in [2.05, 4.69) is 25.2 Å². The average Bonchev–Trinajstić information content (AvgIpc) is 2.76. The molecule has 0 aliphatic carbocycles. The number of rotatable bonds is 4. The lowest BCUT2D eigenvalue weighted by atomic mass is 10.1. The van der Waals surface area contributed by atoms with Crippen molar-refractivity contribution in [3.63, 3.8) is 0 Å². The molecule has 1 aliphatic heterocycles. The first-order chi connectivity index (χ1) is 14.4. The Kier molecular flexibility index (Phi) is 5.30. The number of nitrogens with two attached hydrogens (primary N) is 1. The number of hydrogen-bond donors (Lipinski definition) is 2.